The Labute approximate surface area is 98.6 Å². The molecule has 0 aromatic heterocycles. The van der Waals surface area contributed by atoms with Crippen LogP contribution in [0.2, 0.25) is 0 Å². The lowest BCUT2D eigenvalue weighted by molar-refractivity contribution is 0.143. The van der Waals surface area contributed by atoms with Gasteiger partial charge in [-0.05, 0) is 37.1 Å². The first kappa shape index (κ1) is 12.6. The molecule has 0 aliphatic carbocycles. The van der Waals surface area contributed by atoms with Gasteiger partial charge < -0.3 is 16.6 Å². The molecule has 0 fully saturated rings. The van der Waals surface area contributed by atoms with E-state index in [-0.39, 0.29) is 6.04 Å². The minimum Gasteiger partial charge on any atom is -0.387 e. The summed E-state index contributed by atoms with van der Waals surface area (Å²) in [6.07, 6.45) is -0.0173. The van der Waals surface area contributed by atoms with Crippen LogP contribution < -0.4 is 11.5 Å². The van der Waals surface area contributed by atoms with Crippen molar-refractivity contribution >= 4 is 15.9 Å². The smallest absolute Gasteiger partial charge is 0.0941 e. The Kier molecular flexibility index (Phi) is 4.73. The summed E-state index contributed by atoms with van der Waals surface area (Å²) in [4.78, 5) is 0. The number of hydrogen-bond donors (Lipinski definition) is 3. The monoisotopic (exact) mass is 272 g/mol. The van der Waals surface area contributed by atoms with Gasteiger partial charge in [-0.25, -0.2) is 0 Å². The second-order valence-corrected chi connectivity index (χ2v) is 4.55. The highest BCUT2D eigenvalue weighted by atomic mass is 79.9. The van der Waals surface area contributed by atoms with E-state index in [1.807, 2.05) is 25.1 Å². The molecular weight excluding hydrogens is 256 g/mol. The molecule has 0 saturated carbocycles. The van der Waals surface area contributed by atoms with Crippen molar-refractivity contribution in [3.05, 3.63) is 33.8 Å². The minimum atomic E-state index is -0.639. The lowest BCUT2D eigenvalue weighted by Gasteiger charge is -2.19. The van der Waals surface area contributed by atoms with E-state index in [2.05, 4.69) is 15.9 Å². The Hall–Kier alpha value is -0.420. The van der Waals surface area contributed by atoms with E-state index in [4.69, 9.17) is 11.5 Å². The maximum atomic E-state index is 9.94. The van der Waals surface area contributed by atoms with Crippen molar-refractivity contribution in [3.8, 4) is 0 Å². The second kappa shape index (κ2) is 5.61. The fourth-order valence-corrected chi connectivity index (χ4v) is 1.70. The first-order valence-electron chi connectivity index (χ1n) is 4.96. The summed E-state index contributed by atoms with van der Waals surface area (Å²) in [5.41, 5.74) is 13.1. The molecule has 2 atom stereocenters. The van der Waals surface area contributed by atoms with Gasteiger partial charge in [0.15, 0.2) is 0 Å². The normalized spacial score (nSPS) is 15.0. The van der Waals surface area contributed by atoms with Crippen LogP contribution in [0.5, 0.6) is 0 Å². The summed E-state index contributed by atoms with van der Waals surface area (Å²) < 4.78 is 1.03. The van der Waals surface area contributed by atoms with Crippen molar-refractivity contribution in [2.24, 2.45) is 11.5 Å². The van der Waals surface area contributed by atoms with Crippen molar-refractivity contribution < 1.29 is 5.11 Å². The topological polar surface area (TPSA) is 72.3 Å². The van der Waals surface area contributed by atoms with E-state index in [1.54, 1.807) is 0 Å². The number of aliphatic hydroxyl groups is 1. The molecule has 2 unspecified atom stereocenters. The number of benzene rings is 1. The predicted octanol–water partition coefficient (Wildman–Crippen LogP) is 1.47. The van der Waals surface area contributed by atoms with Gasteiger partial charge >= 0.3 is 0 Å². The van der Waals surface area contributed by atoms with Gasteiger partial charge in [0, 0.05) is 10.5 Å². The second-order valence-electron chi connectivity index (χ2n) is 3.69. The standard InChI is InChI=1S/C11H17BrN2O/c1-7-6-8(2-3-9(7)12)11(15)10(14)4-5-13/h2-3,6,10-11,15H,4-5,13-14H2,1H3. The van der Waals surface area contributed by atoms with Crippen LogP contribution in [0.25, 0.3) is 0 Å². The average Bonchev–Trinajstić information content (AvgIpc) is 2.21. The van der Waals surface area contributed by atoms with E-state index < -0.39 is 6.10 Å². The van der Waals surface area contributed by atoms with Crippen LogP contribution >= 0.6 is 15.9 Å². The van der Waals surface area contributed by atoms with Gasteiger partial charge in [0.2, 0.25) is 0 Å². The molecule has 0 spiro atoms. The van der Waals surface area contributed by atoms with Gasteiger partial charge in [0.05, 0.1) is 6.10 Å². The fraction of sp³-hybridized carbons (Fsp3) is 0.455. The van der Waals surface area contributed by atoms with Crippen molar-refractivity contribution in [1.82, 2.24) is 0 Å². The zero-order valence-corrected chi connectivity index (χ0v) is 10.4. The van der Waals surface area contributed by atoms with Crippen molar-refractivity contribution in [2.45, 2.75) is 25.5 Å². The Morgan fingerprint density at radius 3 is 2.67 bits per heavy atom. The van der Waals surface area contributed by atoms with E-state index in [1.165, 1.54) is 0 Å². The maximum Gasteiger partial charge on any atom is 0.0941 e. The first-order valence-corrected chi connectivity index (χ1v) is 5.75. The number of halogens is 1. The Balaban J connectivity index is 2.81. The van der Waals surface area contributed by atoms with Crippen LogP contribution in [0.4, 0.5) is 0 Å². The van der Waals surface area contributed by atoms with Crippen LogP contribution in [0.3, 0.4) is 0 Å². The van der Waals surface area contributed by atoms with Gasteiger partial charge in [0.1, 0.15) is 0 Å². The number of aliphatic hydroxyl groups excluding tert-OH is 1. The van der Waals surface area contributed by atoms with Crippen LogP contribution in [-0.4, -0.2) is 17.7 Å². The van der Waals surface area contributed by atoms with Crippen LogP contribution in [-0.2, 0) is 0 Å². The Bertz CT molecular complexity index is 330. The maximum absolute atomic E-state index is 9.94. The molecule has 0 heterocycles. The number of hydrogen-bond acceptors (Lipinski definition) is 3. The summed E-state index contributed by atoms with van der Waals surface area (Å²) in [6, 6.07) is 5.43. The van der Waals surface area contributed by atoms with Gasteiger partial charge in [-0.3, -0.25) is 0 Å². The molecule has 0 bridgehead atoms. The highest BCUT2D eigenvalue weighted by molar-refractivity contribution is 9.10. The Morgan fingerprint density at radius 1 is 1.47 bits per heavy atom. The van der Waals surface area contributed by atoms with Crippen LogP contribution in [0.1, 0.15) is 23.7 Å². The number of rotatable bonds is 4. The lowest BCUT2D eigenvalue weighted by atomic mass is 9.99. The SMILES string of the molecule is Cc1cc(C(O)C(N)CCN)ccc1Br. The molecule has 0 aliphatic heterocycles. The van der Waals surface area contributed by atoms with Crippen molar-refractivity contribution in [2.75, 3.05) is 6.54 Å². The summed E-state index contributed by atoms with van der Waals surface area (Å²) in [5.74, 6) is 0. The van der Waals surface area contributed by atoms with Crippen LogP contribution in [0, 0.1) is 6.92 Å². The molecule has 4 heteroatoms. The number of nitrogens with two attached hydrogens (primary N) is 2. The first-order chi connectivity index (χ1) is 7.06. The fourth-order valence-electron chi connectivity index (χ4n) is 1.45. The largest absolute Gasteiger partial charge is 0.387 e. The van der Waals surface area contributed by atoms with Crippen molar-refractivity contribution in [3.63, 3.8) is 0 Å². The third kappa shape index (κ3) is 3.28. The molecule has 3 nitrogen and oxygen atoms in total. The van der Waals surface area contributed by atoms with Gasteiger partial charge in [-0.15, -0.1) is 0 Å². The molecule has 1 aromatic carbocycles. The minimum absolute atomic E-state index is 0.296. The zero-order chi connectivity index (χ0) is 11.4. The molecule has 1 rings (SSSR count). The molecule has 5 N–H and O–H groups in total. The average molecular weight is 273 g/mol. The molecule has 0 saturated heterocycles. The third-order valence-corrected chi connectivity index (χ3v) is 3.32. The van der Waals surface area contributed by atoms with Gasteiger partial charge in [-0.2, -0.15) is 0 Å². The summed E-state index contributed by atoms with van der Waals surface area (Å²) in [5, 5.41) is 9.94. The summed E-state index contributed by atoms with van der Waals surface area (Å²) in [6.45, 7) is 2.47. The van der Waals surface area contributed by atoms with Crippen molar-refractivity contribution in [1.29, 1.82) is 0 Å². The molecule has 0 amide bonds. The van der Waals surface area contributed by atoms with E-state index in [9.17, 15) is 5.11 Å². The molecular formula is C11H17BrN2O. The Morgan fingerprint density at radius 2 is 2.13 bits per heavy atom. The summed E-state index contributed by atoms with van der Waals surface area (Å²) >= 11 is 3.41. The molecule has 1 aromatic rings. The quantitative estimate of drug-likeness (QED) is 0.777. The predicted molar refractivity (Wildman–Crippen MR) is 65.5 cm³/mol. The lowest BCUT2D eigenvalue weighted by Crippen LogP contribution is -2.30. The van der Waals surface area contributed by atoms with Gasteiger partial charge in [0.25, 0.3) is 0 Å². The molecule has 0 aliphatic rings. The van der Waals surface area contributed by atoms with E-state index in [0.29, 0.717) is 13.0 Å². The molecule has 0 radical (unpaired) electrons. The van der Waals surface area contributed by atoms with E-state index in [0.717, 1.165) is 15.6 Å². The number of aryl methyl sites for hydroxylation is 1. The summed E-state index contributed by atoms with van der Waals surface area (Å²) in [7, 11) is 0. The third-order valence-electron chi connectivity index (χ3n) is 2.43. The van der Waals surface area contributed by atoms with E-state index >= 15 is 0 Å². The highest BCUT2D eigenvalue weighted by Crippen LogP contribution is 2.23. The van der Waals surface area contributed by atoms with Crippen LogP contribution in [0.15, 0.2) is 22.7 Å². The molecule has 84 valence electrons. The van der Waals surface area contributed by atoms with Gasteiger partial charge in [-0.1, -0.05) is 28.1 Å². The highest BCUT2D eigenvalue weighted by Gasteiger charge is 2.16. The zero-order valence-electron chi connectivity index (χ0n) is 8.78. The molecule has 15 heavy (non-hydrogen) atoms.